The molecule has 0 saturated carbocycles. The molecule has 1 unspecified atom stereocenters. The Morgan fingerprint density at radius 1 is 0.781 bits per heavy atom. The summed E-state index contributed by atoms with van der Waals surface area (Å²) in [6.07, 6.45) is 8.70. The summed E-state index contributed by atoms with van der Waals surface area (Å²) in [6, 6.07) is 31.4. The molecular formula is C84H109ClF3N11O11S4. The van der Waals surface area contributed by atoms with Gasteiger partial charge in [-0.1, -0.05) is 119 Å². The largest absolute Gasteiger partial charge is 0.501 e. The number of allylic oxidation sites excluding steroid dienone is 1. The number of likely N-dealkylation sites (tertiary alicyclic amines) is 2. The summed E-state index contributed by atoms with van der Waals surface area (Å²) in [5.41, 5.74) is 2.40. The zero-order valence-corrected chi connectivity index (χ0v) is 70.0. The molecule has 6 N–H and O–H groups in total. The van der Waals surface area contributed by atoms with Crippen molar-refractivity contribution in [1.29, 1.82) is 0 Å². The molecule has 7 atom stereocenters. The highest BCUT2D eigenvalue weighted by Gasteiger charge is 2.49. The van der Waals surface area contributed by atoms with Crippen LogP contribution < -0.4 is 30.9 Å². The molecule has 0 spiro atoms. The Kier molecular flexibility index (Phi) is 30.1. The number of piperidine rings is 1. The van der Waals surface area contributed by atoms with Crippen LogP contribution in [0.1, 0.15) is 158 Å². The number of aromatic nitrogens is 1. The summed E-state index contributed by atoms with van der Waals surface area (Å²) < 4.78 is 105. The number of β-amino-alcohol motifs (C(OH)–C–C–N with tert-alkyl or cyclic N) is 1. The molecule has 5 aromatic carbocycles. The smallest absolute Gasteiger partial charge is 0.391 e. The minimum absolute atomic E-state index is 0.0151. The second-order valence-corrected chi connectivity index (χ2v) is 38.4. The number of nitrogens with one attached hydrogen (secondary N) is 5. The minimum atomic E-state index is -6.11. The van der Waals surface area contributed by atoms with Crippen LogP contribution in [0.3, 0.4) is 0 Å². The number of thiazole rings is 1. The van der Waals surface area contributed by atoms with Crippen LogP contribution in [0.5, 0.6) is 0 Å². The van der Waals surface area contributed by atoms with E-state index in [9.17, 15) is 59.1 Å². The van der Waals surface area contributed by atoms with Gasteiger partial charge in [-0.15, -0.1) is 23.1 Å². The van der Waals surface area contributed by atoms with Crippen LogP contribution >= 0.6 is 34.7 Å². The number of ether oxygens (including phenoxy) is 1. The van der Waals surface area contributed by atoms with Crippen molar-refractivity contribution >= 4 is 101 Å². The van der Waals surface area contributed by atoms with Gasteiger partial charge in [-0.3, -0.25) is 33.8 Å². The lowest BCUT2D eigenvalue weighted by atomic mass is 9.71. The van der Waals surface area contributed by atoms with Crippen molar-refractivity contribution in [1.82, 2.24) is 45.3 Å². The number of unbranched alkanes of at least 4 members (excludes halogenated alkanes) is 4. The topological polar surface area (TPSA) is 272 Å². The van der Waals surface area contributed by atoms with Gasteiger partial charge in [0.05, 0.1) is 52.0 Å². The van der Waals surface area contributed by atoms with E-state index in [1.165, 1.54) is 39.9 Å². The lowest BCUT2D eigenvalue weighted by molar-refractivity contribution is -0.144. The Hall–Kier alpha value is -7.45. The van der Waals surface area contributed by atoms with Crippen LogP contribution in [-0.4, -0.2) is 209 Å². The third kappa shape index (κ3) is 23.7. The quantitative estimate of drug-likeness (QED) is 0.0165. The number of halogens is 4. The van der Waals surface area contributed by atoms with Gasteiger partial charge in [-0.25, -0.2) is 26.5 Å². The van der Waals surface area contributed by atoms with Gasteiger partial charge in [0.2, 0.25) is 23.6 Å². The number of hydrogen-bond donors (Lipinski definition) is 6. The van der Waals surface area contributed by atoms with Crippen molar-refractivity contribution in [2.45, 2.75) is 188 Å². The molecule has 6 aromatic rings. The van der Waals surface area contributed by atoms with Gasteiger partial charge in [0.15, 0.2) is 0 Å². The molecule has 1 aromatic heterocycles. The molecule has 5 heterocycles. The average Bonchev–Trinajstić information content (AvgIpc) is 0.818. The van der Waals surface area contributed by atoms with Crippen molar-refractivity contribution in [2.75, 3.05) is 108 Å². The van der Waals surface area contributed by atoms with Gasteiger partial charge in [0.25, 0.3) is 25.8 Å². The van der Waals surface area contributed by atoms with E-state index in [4.69, 9.17) is 16.3 Å². The predicted octanol–water partition coefficient (Wildman–Crippen LogP) is 12.9. The lowest BCUT2D eigenvalue weighted by Gasteiger charge is -2.44. The Bertz CT molecular complexity index is 4540. The third-order valence-electron chi connectivity index (χ3n) is 22.4. The van der Waals surface area contributed by atoms with Gasteiger partial charge in [0, 0.05) is 130 Å². The molecule has 0 radical (unpaired) electrons. The highest BCUT2D eigenvalue weighted by atomic mass is 35.5. The maximum absolute atomic E-state index is 14.4. The Labute approximate surface area is 682 Å². The van der Waals surface area contributed by atoms with Crippen molar-refractivity contribution in [3.63, 3.8) is 0 Å². The normalized spacial score (nSPS) is 20.6. The molecule has 1 aliphatic carbocycles. The number of morpholine rings is 1. The first kappa shape index (κ1) is 87.4. The highest BCUT2D eigenvalue weighted by molar-refractivity contribution is 7.99. The summed E-state index contributed by atoms with van der Waals surface area (Å²) in [7, 11) is -11.0. The number of benzene rings is 5. The SMILES string of the molecule is Cc1ncsc1-c1ccc([C@H](C)NC(=O)[C@@H]2C[C@@H](O)CN2C(=O)[C@@H](NC(=O)CCCCCCCC(=O)N[C@@H]2CCCN(CC3(C)CCC(c4ccc(Cl)cc4)=C(CN4CCN(c5ccc(C(=O)NS(=O)(=O)c6ccc(N[C@H](CCN7CCOCC7)CSc7ccccc7)c(S(=O)(=O)C(F)(F)F)c6)cc5)CC4)C3)C2)C(C)(C)C)cc1. The fourth-order valence-corrected chi connectivity index (χ4v) is 20.0. The van der Waals surface area contributed by atoms with Gasteiger partial charge in [-0.2, -0.15) is 13.2 Å². The summed E-state index contributed by atoms with van der Waals surface area (Å²) in [5.74, 6) is -1.70. The van der Waals surface area contributed by atoms with Crippen molar-refractivity contribution in [3.05, 3.63) is 160 Å². The molecule has 11 rings (SSSR count). The average molecular weight is 1670 g/mol. The molecule has 5 amide bonds. The van der Waals surface area contributed by atoms with Gasteiger partial charge >= 0.3 is 5.51 Å². The summed E-state index contributed by atoms with van der Waals surface area (Å²) >= 11 is 9.42. The number of sulfone groups is 1. The number of piperazine rings is 1. The molecule has 114 heavy (non-hydrogen) atoms. The number of amides is 5. The van der Waals surface area contributed by atoms with Crippen molar-refractivity contribution in [3.8, 4) is 10.4 Å². The second-order valence-electron chi connectivity index (χ2n) is 32.4. The van der Waals surface area contributed by atoms with E-state index in [0.29, 0.717) is 82.0 Å². The number of aliphatic hydroxyl groups is 1. The Balaban J connectivity index is 0.617. The summed E-state index contributed by atoms with van der Waals surface area (Å²) in [4.78, 5) is 83.7. The zero-order chi connectivity index (χ0) is 81.5. The van der Waals surface area contributed by atoms with E-state index in [0.717, 1.165) is 147 Å². The van der Waals surface area contributed by atoms with E-state index in [1.54, 1.807) is 23.5 Å². The molecule has 4 saturated heterocycles. The minimum Gasteiger partial charge on any atom is -0.391 e. The number of aliphatic hydroxyl groups excluding tert-OH is 1. The molecular weight excluding hydrogens is 1560 g/mol. The Morgan fingerprint density at radius 2 is 1.46 bits per heavy atom. The van der Waals surface area contributed by atoms with E-state index < -0.39 is 82.3 Å². The number of aryl methyl sites for hydroxylation is 1. The highest BCUT2D eigenvalue weighted by Crippen LogP contribution is 2.45. The van der Waals surface area contributed by atoms with Gasteiger partial charge < -0.3 is 45.8 Å². The number of rotatable bonds is 33. The molecule has 5 aliphatic rings. The Morgan fingerprint density at radius 3 is 2.12 bits per heavy atom. The maximum atomic E-state index is 14.4. The fourth-order valence-electron chi connectivity index (χ4n) is 16.0. The fraction of sp³-hybridized carbons (Fsp3) is 0.524. The summed E-state index contributed by atoms with van der Waals surface area (Å²) in [6.45, 7) is 20.9. The van der Waals surface area contributed by atoms with Crippen LogP contribution in [0.4, 0.5) is 24.5 Å². The third-order valence-corrected chi connectivity index (χ3v) is 27.7. The van der Waals surface area contributed by atoms with Crippen LogP contribution in [-0.2, 0) is 43.8 Å². The number of alkyl halides is 3. The molecule has 618 valence electrons. The standard InChI is InChI=1S/C84H109ClF3N11O11S4/c1-57(59-21-23-61(24-22-59)77-58(2)89-56-112-77)90-80(104)73-48-68(100)53-99(73)81(105)78(82(3,4)5)93-76(102)20-14-9-7-8-13-19-75(101)92-65-16-15-38-97(52-65)55-83(6)37-35-71(60-25-29-64(85)30-26-60)63(50-83)51-96-40-42-98(43-41-96)67-31-27-62(28-32-67)79(103)94-114(108,109)70-33-34-72(74(49-70)113(106,107)84(86,87)88)91-66(36-39-95-44-46-110-47-45-95)54-111-69-17-11-10-12-18-69/h10-12,17-18,21-34,49,56-57,65-66,68,73,78,91,100H,7-9,13-16,19-20,35-48,50-55H2,1-6H3,(H,90,104)(H,92,101)(H,93,102)(H,94,103)/t57-,65+,66+,68+,73-,78+,83?/m0/s1. The molecule has 22 nitrogen and oxygen atoms in total. The first-order valence-electron chi connectivity index (χ1n) is 39.7. The van der Waals surface area contributed by atoms with Crippen LogP contribution in [0, 0.1) is 17.8 Å². The zero-order valence-electron chi connectivity index (χ0n) is 66.0. The van der Waals surface area contributed by atoms with Crippen molar-refractivity contribution < 1.29 is 63.8 Å². The van der Waals surface area contributed by atoms with Crippen LogP contribution in [0.15, 0.2) is 147 Å². The van der Waals surface area contributed by atoms with Crippen LogP contribution in [0.2, 0.25) is 5.02 Å². The molecule has 30 heteroatoms. The number of hydrogen-bond acceptors (Lipinski definition) is 19. The van der Waals surface area contributed by atoms with E-state index >= 15 is 0 Å². The lowest BCUT2D eigenvalue weighted by Crippen LogP contribution is -2.57. The number of nitrogens with zero attached hydrogens (tertiary/aromatic N) is 6. The summed E-state index contributed by atoms with van der Waals surface area (Å²) in [5, 5.41) is 23.8. The number of anilines is 2. The van der Waals surface area contributed by atoms with E-state index in [1.807, 2.05) is 112 Å². The number of carbonyl (C=O) groups is 5. The molecule has 4 fully saturated rings. The van der Waals surface area contributed by atoms with Gasteiger partial charge in [-0.05, 0) is 172 Å². The van der Waals surface area contributed by atoms with Crippen molar-refractivity contribution in [2.24, 2.45) is 10.8 Å². The van der Waals surface area contributed by atoms with Crippen LogP contribution in [0.25, 0.3) is 16.0 Å². The first-order valence-corrected chi connectivity index (χ1v) is 44.9. The van der Waals surface area contributed by atoms with E-state index in [-0.39, 0.29) is 60.2 Å². The molecule has 4 aliphatic heterocycles. The number of sulfonamides is 1. The molecule has 0 bridgehead atoms. The first-order chi connectivity index (χ1) is 54.3. The predicted molar refractivity (Wildman–Crippen MR) is 442 cm³/mol. The number of thioether (sulfide) groups is 1. The maximum Gasteiger partial charge on any atom is 0.501 e. The second kappa shape index (κ2) is 39.2. The van der Waals surface area contributed by atoms with Gasteiger partial charge in [0.1, 0.15) is 17.0 Å². The number of carbonyl (C=O) groups excluding carboxylic acids is 5. The monoisotopic (exact) mass is 1670 g/mol. The van der Waals surface area contributed by atoms with E-state index in [2.05, 4.69) is 64.9 Å².